The van der Waals surface area contributed by atoms with Gasteiger partial charge < -0.3 is 4.74 Å². The molecule has 0 aliphatic carbocycles. The number of methoxy groups -OCH3 is 1. The molecule has 5 heteroatoms. The number of aromatic nitrogens is 2. The summed E-state index contributed by atoms with van der Waals surface area (Å²) in [6, 6.07) is 0. The monoisotopic (exact) mass is 228 g/mol. The molecule has 0 N–H and O–H groups in total. The van der Waals surface area contributed by atoms with Crippen LogP contribution in [0.15, 0.2) is 18.3 Å². The van der Waals surface area contributed by atoms with Gasteiger partial charge in [0.2, 0.25) is 5.78 Å². The molecule has 0 saturated heterocycles. The van der Waals surface area contributed by atoms with E-state index >= 15 is 0 Å². The van der Waals surface area contributed by atoms with Crippen molar-refractivity contribution in [3.05, 3.63) is 29.1 Å². The Labute approximate surface area is 93.5 Å². The predicted octanol–water partition coefficient (Wildman–Crippen LogP) is 1.94. The average molecular weight is 229 g/mol. The number of ketones is 1. The zero-order valence-electron chi connectivity index (χ0n) is 8.74. The topological polar surface area (TPSA) is 44.1 Å². The summed E-state index contributed by atoms with van der Waals surface area (Å²) in [5, 5.41) is 4.38. The summed E-state index contributed by atoms with van der Waals surface area (Å²) < 4.78 is 6.47. The van der Waals surface area contributed by atoms with Crippen molar-refractivity contribution >= 4 is 17.4 Å². The molecule has 0 fully saturated rings. The van der Waals surface area contributed by atoms with Crippen molar-refractivity contribution in [3.8, 4) is 0 Å². The first-order valence-electron chi connectivity index (χ1n) is 4.58. The van der Waals surface area contributed by atoms with Crippen molar-refractivity contribution < 1.29 is 9.53 Å². The van der Waals surface area contributed by atoms with E-state index in [9.17, 15) is 4.79 Å². The van der Waals surface area contributed by atoms with Crippen LogP contribution in [0.4, 0.5) is 0 Å². The van der Waals surface area contributed by atoms with Crippen molar-refractivity contribution in [3.63, 3.8) is 0 Å². The lowest BCUT2D eigenvalue weighted by Crippen LogP contribution is -2.12. The summed E-state index contributed by atoms with van der Waals surface area (Å²) in [6.07, 6.45) is 4.60. The second-order valence-electron chi connectivity index (χ2n) is 2.92. The summed E-state index contributed by atoms with van der Waals surface area (Å²) >= 11 is 5.88. The van der Waals surface area contributed by atoms with Gasteiger partial charge in [0.05, 0.1) is 24.4 Å². The number of carbonyl (C=O) groups excluding carboxylic acids is 1. The average Bonchev–Trinajstić information content (AvgIpc) is 2.57. The molecule has 0 aromatic carbocycles. The quantitative estimate of drug-likeness (QED) is 0.572. The highest BCUT2D eigenvalue weighted by Crippen LogP contribution is 2.16. The number of nitrogens with zero attached hydrogens (tertiary/aromatic N) is 2. The molecule has 1 rings (SSSR count). The molecule has 0 aliphatic rings. The van der Waals surface area contributed by atoms with Gasteiger partial charge >= 0.3 is 0 Å². The lowest BCUT2D eigenvalue weighted by molar-refractivity contribution is 0.103. The first kappa shape index (κ1) is 11.9. The summed E-state index contributed by atoms with van der Waals surface area (Å²) in [5.74, 6) is -0.142. The standard InChI is InChI=1S/C10H13ClN2O2/c1-3-4-9(14)10-8(11)7-12-13(10)5-6-15-2/h3-4,7H,5-6H2,1-2H3/b4-3+. The first-order valence-corrected chi connectivity index (χ1v) is 4.95. The fraction of sp³-hybridized carbons (Fsp3) is 0.400. The molecule has 0 unspecified atom stereocenters. The van der Waals surface area contributed by atoms with Crippen molar-refractivity contribution in [2.75, 3.05) is 13.7 Å². The Kier molecular flexibility index (Phi) is 4.52. The fourth-order valence-electron chi connectivity index (χ4n) is 1.19. The van der Waals surface area contributed by atoms with Crippen molar-refractivity contribution in [1.82, 2.24) is 9.78 Å². The van der Waals surface area contributed by atoms with Gasteiger partial charge in [-0.3, -0.25) is 9.48 Å². The van der Waals surface area contributed by atoms with Gasteiger partial charge in [-0.1, -0.05) is 17.7 Å². The smallest absolute Gasteiger partial charge is 0.205 e. The molecule has 4 nitrogen and oxygen atoms in total. The third-order valence-corrected chi connectivity index (χ3v) is 2.13. The van der Waals surface area contributed by atoms with Crippen LogP contribution in [-0.4, -0.2) is 29.3 Å². The third kappa shape index (κ3) is 2.91. The lowest BCUT2D eigenvalue weighted by Gasteiger charge is -2.04. The van der Waals surface area contributed by atoms with E-state index in [1.807, 2.05) is 0 Å². The number of ether oxygens (including phenoxy) is 1. The third-order valence-electron chi connectivity index (χ3n) is 1.85. The Hall–Kier alpha value is -1.13. The van der Waals surface area contributed by atoms with Crippen LogP contribution < -0.4 is 0 Å². The van der Waals surface area contributed by atoms with Crippen LogP contribution in [0, 0.1) is 0 Å². The van der Waals surface area contributed by atoms with Gasteiger partial charge in [0, 0.05) is 7.11 Å². The number of allylic oxidation sites excluding steroid dienone is 2. The van der Waals surface area contributed by atoms with E-state index in [1.165, 1.54) is 12.3 Å². The molecule has 15 heavy (non-hydrogen) atoms. The Morgan fingerprint density at radius 1 is 1.73 bits per heavy atom. The SMILES string of the molecule is C/C=C/C(=O)c1c(Cl)cnn1CCOC. The largest absolute Gasteiger partial charge is 0.383 e. The zero-order chi connectivity index (χ0) is 11.3. The lowest BCUT2D eigenvalue weighted by atomic mass is 10.2. The van der Waals surface area contributed by atoms with E-state index in [0.717, 1.165) is 0 Å². The normalized spacial score (nSPS) is 11.1. The highest BCUT2D eigenvalue weighted by Gasteiger charge is 2.14. The summed E-state index contributed by atoms with van der Waals surface area (Å²) in [7, 11) is 1.60. The molecule has 82 valence electrons. The molecule has 0 spiro atoms. The van der Waals surface area contributed by atoms with Gasteiger partial charge in [-0.2, -0.15) is 5.10 Å². The molecular weight excluding hydrogens is 216 g/mol. The molecule has 0 radical (unpaired) electrons. The molecule has 0 amide bonds. The number of rotatable bonds is 5. The van der Waals surface area contributed by atoms with Crippen LogP contribution in [-0.2, 0) is 11.3 Å². The Morgan fingerprint density at radius 2 is 2.47 bits per heavy atom. The van der Waals surface area contributed by atoms with E-state index in [-0.39, 0.29) is 5.78 Å². The highest BCUT2D eigenvalue weighted by atomic mass is 35.5. The van der Waals surface area contributed by atoms with Crippen molar-refractivity contribution in [2.24, 2.45) is 0 Å². The summed E-state index contributed by atoms with van der Waals surface area (Å²) in [4.78, 5) is 11.6. The molecule has 0 saturated carbocycles. The maximum atomic E-state index is 11.6. The molecule has 1 aromatic rings. The van der Waals surface area contributed by atoms with E-state index in [0.29, 0.717) is 23.9 Å². The van der Waals surface area contributed by atoms with Crippen molar-refractivity contribution in [1.29, 1.82) is 0 Å². The van der Waals surface area contributed by atoms with Crippen LogP contribution in [0.2, 0.25) is 5.02 Å². The number of halogens is 1. The molecular formula is C10H13ClN2O2. The number of carbonyl (C=O) groups is 1. The number of hydrogen-bond acceptors (Lipinski definition) is 3. The zero-order valence-corrected chi connectivity index (χ0v) is 9.49. The van der Waals surface area contributed by atoms with Gasteiger partial charge in [0.15, 0.2) is 0 Å². The Morgan fingerprint density at radius 3 is 3.07 bits per heavy atom. The highest BCUT2D eigenvalue weighted by molar-refractivity contribution is 6.34. The van der Waals surface area contributed by atoms with Crippen molar-refractivity contribution in [2.45, 2.75) is 13.5 Å². The van der Waals surface area contributed by atoms with E-state index in [1.54, 1.807) is 24.8 Å². The fourth-order valence-corrected chi connectivity index (χ4v) is 1.42. The molecule has 0 atom stereocenters. The molecule has 1 aromatic heterocycles. The first-order chi connectivity index (χ1) is 7.20. The van der Waals surface area contributed by atoms with Gasteiger partial charge in [0.1, 0.15) is 5.69 Å². The Bertz CT molecular complexity index is 371. The second kappa shape index (κ2) is 5.68. The maximum absolute atomic E-state index is 11.6. The molecule has 1 heterocycles. The van der Waals surface area contributed by atoms with E-state index in [2.05, 4.69) is 5.10 Å². The van der Waals surface area contributed by atoms with E-state index < -0.39 is 0 Å². The number of hydrogen-bond donors (Lipinski definition) is 0. The Balaban J connectivity index is 2.93. The predicted molar refractivity (Wildman–Crippen MR) is 58.3 cm³/mol. The minimum absolute atomic E-state index is 0.142. The van der Waals surface area contributed by atoms with Gasteiger partial charge in [0.25, 0.3) is 0 Å². The molecule has 0 aliphatic heterocycles. The van der Waals surface area contributed by atoms with Crippen LogP contribution >= 0.6 is 11.6 Å². The van der Waals surface area contributed by atoms with Crippen LogP contribution in [0.5, 0.6) is 0 Å². The van der Waals surface area contributed by atoms with Gasteiger partial charge in [-0.15, -0.1) is 0 Å². The van der Waals surface area contributed by atoms with Crippen LogP contribution in [0.1, 0.15) is 17.4 Å². The molecule has 0 bridgehead atoms. The summed E-state index contributed by atoms with van der Waals surface area (Å²) in [5.41, 5.74) is 0.409. The van der Waals surface area contributed by atoms with Crippen LogP contribution in [0.3, 0.4) is 0 Å². The minimum Gasteiger partial charge on any atom is -0.383 e. The second-order valence-corrected chi connectivity index (χ2v) is 3.33. The van der Waals surface area contributed by atoms with Gasteiger partial charge in [-0.05, 0) is 13.0 Å². The summed E-state index contributed by atoms with van der Waals surface area (Å²) in [6.45, 7) is 2.79. The van der Waals surface area contributed by atoms with E-state index in [4.69, 9.17) is 16.3 Å². The maximum Gasteiger partial charge on any atom is 0.205 e. The van der Waals surface area contributed by atoms with Crippen LogP contribution in [0.25, 0.3) is 0 Å². The van der Waals surface area contributed by atoms with Gasteiger partial charge in [-0.25, -0.2) is 0 Å². The minimum atomic E-state index is -0.142.